The molecule has 0 atom stereocenters. The third-order valence-electron chi connectivity index (χ3n) is 3.71. The van der Waals surface area contributed by atoms with E-state index in [1.807, 2.05) is 0 Å². The number of nitrogens with one attached hydrogen (secondary N) is 2. The summed E-state index contributed by atoms with van der Waals surface area (Å²) in [4.78, 5) is 11.7. The zero-order valence-electron chi connectivity index (χ0n) is 14.3. The van der Waals surface area contributed by atoms with E-state index in [0.717, 1.165) is 23.9 Å². The number of benzene rings is 2. The summed E-state index contributed by atoms with van der Waals surface area (Å²) >= 11 is 0. The largest absolute Gasteiger partial charge is 0.325 e. The van der Waals surface area contributed by atoms with Gasteiger partial charge in [0.05, 0.1) is 22.7 Å². The zero-order chi connectivity index (χ0) is 20.1. The number of hydrogen-bond donors (Lipinski definition) is 2. The van der Waals surface area contributed by atoms with Crippen LogP contribution in [0.3, 0.4) is 0 Å². The van der Waals surface area contributed by atoms with Gasteiger partial charge < -0.3 is 5.32 Å². The number of nitrogens with zero attached hydrogens (tertiary/aromatic N) is 3. The Morgan fingerprint density at radius 2 is 1.96 bits per heavy atom. The number of sulfonamides is 1. The maximum absolute atomic E-state index is 13.3. The Balaban J connectivity index is 1.61. The summed E-state index contributed by atoms with van der Waals surface area (Å²) in [5, 5.41) is 15.4. The second kappa shape index (κ2) is 7.99. The van der Waals surface area contributed by atoms with Crippen molar-refractivity contribution in [3.05, 3.63) is 72.3 Å². The number of hydrogen-bond acceptors (Lipinski definition) is 5. The highest BCUT2D eigenvalue weighted by Crippen LogP contribution is 2.15. The summed E-state index contributed by atoms with van der Waals surface area (Å²) in [6.07, 6.45) is 3.41. The summed E-state index contributed by atoms with van der Waals surface area (Å²) in [5.74, 6) is -1.41. The van der Waals surface area contributed by atoms with Crippen LogP contribution in [-0.2, 0) is 14.8 Å². The standard InChI is InChI=1S/C18H14FN5O3S/c19-17-7-6-16(10-13(17)11-20)28(26,27)22-12-18(25)23-14-2-4-15(5-3-14)24-9-1-8-21-24/h1-10,22H,12H2,(H,23,25). The first kappa shape index (κ1) is 19.2. The van der Waals surface area contributed by atoms with Crippen molar-refractivity contribution in [2.45, 2.75) is 4.90 Å². The van der Waals surface area contributed by atoms with Crippen LogP contribution < -0.4 is 10.0 Å². The Labute approximate surface area is 160 Å². The van der Waals surface area contributed by atoms with Gasteiger partial charge in [0.1, 0.15) is 11.9 Å². The molecule has 142 valence electrons. The summed E-state index contributed by atoms with van der Waals surface area (Å²) in [7, 11) is -4.07. The van der Waals surface area contributed by atoms with Gasteiger partial charge in [-0.25, -0.2) is 22.2 Å². The van der Waals surface area contributed by atoms with E-state index in [0.29, 0.717) is 5.69 Å². The van der Waals surface area contributed by atoms with E-state index in [4.69, 9.17) is 5.26 Å². The molecule has 8 nitrogen and oxygen atoms in total. The first-order chi connectivity index (χ1) is 13.4. The molecule has 2 aromatic carbocycles. The Morgan fingerprint density at radius 3 is 2.61 bits per heavy atom. The highest BCUT2D eigenvalue weighted by atomic mass is 32.2. The third kappa shape index (κ3) is 4.40. The summed E-state index contributed by atoms with van der Waals surface area (Å²) in [5.41, 5.74) is 0.881. The molecule has 0 bridgehead atoms. The lowest BCUT2D eigenvalue weighted by Gasteiger charge is -2.09. The number of carbonyl (C=O) groups is 1. The van der Waals surface area contributed by atoms with Gasteiger partial charge in [0.2, 0.25) is 15.9 Å². The van der Waals surface area contributed by atoms with Crippen molar-refractivity contribution in [3.8, 4) is 11.8 Å². The molecule has 1 amide bonds. The van der Waals surface area contributed by atoms with Crippen LogP contribution in [0.5, 0.6) is 0 Å². The summed E-state index contributed by atoms with van der Waals surface area (Å²) < 4.78 is 41.5. The lowest BCUT2D eigenvalue weighted by atomic mass is 10.2. The fraction of sp³-hybridized carbons (Fsp3) is 0.0556. The van der Waals surface area contributed by atoms with E-state index in [2.05, 4.69) is 15.1 Å². The number of aromatic nitrogens is 2. The molecule has 0 spiro atoms. The van der Waals surface area contributed by atoms with Gasteiger partial charge in [-0.2, -0.15) is 10.4 Å². The topological polar surface area (TPSA) is 117 Å². The molecule has 0 radical (unpaired) electrons. The molecule has 0 saturated heterocycles. The molecule has 2 N–H and O–H groups in total. The van der Waals surface area contributed by atoms with E-state index in [1.165, 1.54) is 0 Å². The van der Waals surface area contributed by atoms with Gasteiger partial charge >= 0.3 is 0 Å². The van der Waals surface area contributed by atoms with Crippen LogP contribution in [0.2, 0.25) is 0 Å². The molecule has 0 saturated carbocycles. The normalized spacial score (nSPS) is 11.0. The van der Waals surface area contributed by atoms with Gasteiger partial charge in [-0.3, -0.25) is 4.79 Å². The molecule has 0 fully saturated rings. The van der Waals surface area contributed by atoms with Gasteiger partial charge in [0.15, 0.2) is 0 Å². The van der Waals surface area contributed by atoms with Crippen LogP contribution in [0.1, 0.15) is 5.56 Å². The van der Waals surface area contributed by atoms with Gasteiger partial charge in [-0.15, -0.1) is 0 Å². The minimum atomic E-state index is -4.07. The SMILES string of the molecule is N#Cc1cc(S(=O)(=O)NCC(=O)Nc2ccc(-n3cccn3)cc2)ccc1F. The average molecular weight is 399 g/mol. The monoisotopic (exact) mass is 399 g/mol. The number of halogens is 1. The minimum absolute atomic E-state index is 0.304. The number of amides is 1. The molecular formula is C18H14FN5O3S. The number of anilines is 1. The predicted molar refractivity (Wildman–Crippen MR) is 98.5 cm³/mol. The quantitative estimate of drug-likeness (QED) is 0.656. The van der Waals surface area contributed by atoms with Crippen molar-refractivity contribution in [3.63, 3.8) is 0 Å². The first-order valence-electron chi connectivity index (χ1n) is 7.98. The van der Waals surface area contributed by atoms with Crippen LogP contribution in [0.25, 0.3) is 5.69 Å². The Bertz CT molecular complexity index is 1140. The molecule has 0 unspecified atom stereocenters. The molecule has 0 aliphatic rings. The van der Waals surface area contributed by atoms with E-state index in [1.54, 1.807) is 53.5 Å². The van der Waals surface area contributed by atoms with Crippen molar-refractivity contribution >= 4 is 21.6 Å². The summed E-state index contributed by atoms with van der Waals surface area (Å²) in [6, 6.07) is 13.0. The van der Waals surface area contributed by atoms with Crippen LogP contribution in [0.15, 0.2) is 65.8 Å². The van der Waals surface area contributed by atoms with E-state index in [9.17, 15) is 17.6 Å². The fourth-order valence-electron chi connectivity index (χ4n) is 2.33. The highest BCUT2D eigenvalue weighted by Gasteiger charge is 2.17. The first-order valence-corrected chi connectivity index (χ1v) is 9.46. The van der Waals surface area contributed by atoms with Crippen molar-refractivity contribution in [1.82, 2.24) is 14.5 Å². The maximum atomic E-state index is 13.3. The lowest BCUT2D eigenvalue weighted by Crippen LogP contribution is -2.33. The number of rotatable bonds is 6. The minimum Gasteiger partial charge on any atom is -0.325 e. The highest BCUT2D eigenvalue weighted by molar-refractivity contribution is 7.89. The van der Waals surface area contributed by atoms with Crippen molar-refractivity contribution in [2.75, 3.05) is 11.9 Å². The molecule has 28 heavy (non-hydrogen) atoms. The fourth-order valence-corrected chi connectivity index (χ4v) is 3.33. The smallest absolute Gasteiger partial charge is 0.241 e. The average Bonchev–Trinajstić information content (AvgIpc) is 3.22. The Hall–Kier alpha value is -3.55. The molecule has 0 aliphatic carbocycles. The van der Waals surface area contributed by atoms with E-state index in [-0.39, 0.29) is 4.90 Å². The van der Waals surface area contributed by atoms with Gasteiger partial charge in [0, 0.05) is 18.1 Å². The second-order valence-corrected chi connectivity index (χ2v) is 7.39. The van der Waals surface area contributed by atoms with Crippen LogP contribution >= 0.6 is 0 Å². The van der Waals surface area contributed by atoms with Crippen molar-refractivity contribution in [1.29, 1.82) is 5.26 Å². The van der Waals surface area contributed by atoms with E-state index < -0.39 is 33.9 Å². The van der Waals surface area contributed by atoms with Crippen LogP contribution in [-0.4, -0.2) is 30.7 Å². The molecule has 10 heteroatoms. The molecule has 1 aromatic heterocycles. The van der Waals surface area contributed by atoms with E-state index >= 15 is 0 Å². The second-order valence-electron chi connectivity index (χ2n) is 5.62. The number of nitriles is 1. The van der Waals surface area contributed by atoms with Crippen LogP contribution in [0, 0.1) is 17.1 Å². The van der Waals surface area contributed by atoms with Crippen molar-refractivity contribution < 1.29 is 17.6 Å². The Morgan fingerprint density at radius 1 is 1.21 bits per heavy atom. The molecular weight excluding hydrogens is 385 g/mol. The number of carbonyl (C=O) groups excluding carboxylic acids is 1. The van der Waals surface area contributed by atoms with Gasteiger partial charge in [0.25, 0.3) is 0 Å². The van der Waals surface area contributed by atoms with Crippen LogP contribution in [0.4, 0.5) is 10.1 Å². The summed E-state index contributed by atoms with van der Waals surface area (Å²) in [6.45, 7) is -0.525. The molecule has 1 heterocycles. The molecule has 3 aromatic rings. The molecule has 3 rings (SSSR count). The zero-order valence-corrected chi connectivity index (χ0v) is 15.1. The van der Waals surface area contributed by atoms with Crippen molar-refractivity contribution in [2.24, 2.45) is 0 Å². The van der Waals surface area contributed by atoms with Gasteiger partial charge in [-0.05, 0) is 48.5 Å². The maximum Gasteiger partial charge on any atom is 0.241 e. The van der Waals surface area contributed by atoms with Gasteiger partial charge in [-0.1, -0.05) is 0 Å². The molecule has 0 aliphatic heterocycles. The predicted octanol–water partition coefficient (Wildman–Crippen LogP) is 1.80. The lowest BCUT2D eigenvalue weighted by molar-refractivity contribution is -0.115. The Kier molecular flexibility index (Phi) is 5.49. The third-order valence-corrected chi connectivity index (χ3v) is 5.11.